The van der Waals surface area contributed by atoms with Gasteiger partial charge in [0.15, 0.2) is 6.10 Å². The number of hydrogen-bond donors (Lipinski definition) is 1. The van der Waals surface area contributed by atoms with Crippen molar-refractivity contribution in [1.29, 1.82) is 0 Å². The molecule has 2 aromatic rings. The molecule has 1 aliphatic rings. The average molecular weight is 405 g/mol. The molecule has 0 saturated carbocycles. The van der Waals surface area contributed by atoms with E-state index < -0.39 is 6.10 Å². The van der Waals surface area contributed by atoms with Crippen LogP contribution in [0.5, 0.6) is 5.75 Å². The number of amides is 1. The minimum absolute atomic E-state index is 0.162. The average Bonchev–Trinajstić information content (AvgIpc) is 2.70. The SMILES string of the molecule is Cc1ccc(Cl)c(OC(C)C(=O)NCc2ccc(N3CCSCC3)cc2)c1. The van der Waals surface area contributed by atoms with E-state index in [4.69, 9.17) is 16.3 Å². The molecule has 0 radical (unpaired) electrons. The molecule has 144 valence electrons. The molecule has 3 rings (SSSR count). The second-order valence-electron chi connectivity index (χ2n) is 6.68. The van der Waals surface area contributed by atoms with Gasteiger partial charge in [-0.15, -0.1) is 0 Å². The minimum Gasteiger partial charge on any atom is -0.479 e. The Morgan fingerprint density at radius 2 is 1.93 bits per heavy atom. The summed E-state index contributed by atoms with van der Waals surface area (Å²) < 4.78 is 5.72. The molecule has 1 atom stereocenters. The van der Waals surface area contributed by atoms with Gasteiger partial charge in [0.2, 0.25) is 0 Å². The number of carbonyl (C=O) groups excluding carboxylic acids is 1. The minimum atomic E-state index is -0.616. The summed E-state index contributed by atoms with van der Waals surface area (Å²) in [5.74, 6) is 2.73. The zero-order chi connectivity index (χ0) is 19.2. The standard InChI is InChI=1S/C21H25ClN2O2S/c1-15-3-8-19(22)20(13-15)26-16(2)21(25)23-14-17-4-6-18(7-5-17)24-9-11-27-12-10-24/h3-8,13,16H,9-12,14H2,1-2H3,(H,23,25). The Hall–Kier alpha value is -1.85. The van der Waals surface area contributed by atoms with Crippen molar-refractivity contribution in [3.05, 3.63) is 58.6 Å². The molecule has 1 unspecified atom stereocenters. The van der Waals surface area contributed by atoms with Crippen LogP contribution in [0.2, 0.25) is 5.02 Å². The first kappa shape index (κ1) is 19.9. The number of nitrogens with zero attached hydrogens (tertiary/aromatic N) is 1. The Morgan fingerprint density at radius 3 is 2.63 bits per heavy atom. The van der Waals surface area contributed by atoms with Crippen molar-refractivity contribution < 1.29 is 9.53 Å². The highest BCUT2D eigenvalue weighted by atomic mass is 35.5. The number of aryl methyl sites for hydroxylation is 1. The Labute approximate surface area is 170 Å². The molecular formula is C21H25ClN2O2S. The number of thioether (sulfide) groups is 1. The van der Waals surface area contributed by atoms with Crippen molar-refractivity contribution in [3.63, 3.8) is 0 Å². The van der Waals surface area contributed by atoms with Crippen LogP contribution in [0.4, 0.5) is 5.69 Å². The van der Waals surface area contributed by atoms with E-state index in [0.29, 0.717) is 17.3 Å². The molecule has 1 aliphatic heterocycles. The fourth-order valence-electron chi connectivity index (χ4n) is 2.92. The summed E-state index contributed by atoms with van der Waals surface area (Å²) in [7, 11) is 0. The molecule has 0 aromatic heterocycles. The second-order valence-corrected chi connectivity index (χ2v) is 8.31. The fraction of sp³-hybridized carbons (Fsp3) is 0.381. The topological polar surface area (TPSA) is 41.6 Å². The summed E-state index contributed by atoms with van der Waals surface area (Å²) in [6.07, 6.45) is -0.616. The molecule has 27 heavy (non-hydrogen) atoms. The predicted molar refractivity (Wildman–Crippen MR) is 114 cm³/mol. The fourth-order valence-corrected chi connectivity index (χ4v) is 3.99. The number of halogens is 1. The van der Waals surface area contributed by atoms with E-state index in [-0.39, 0.29) is 5.91 Å². The largest absolute Gasteiger partial charge is 0.479 e. The van der Waals surface area contributed by atoms with Crippen molar-refractivity contribution >= 4 is 35.0 Å². The van der Waals surface area contributed by atoms with Gasteiger partial charge in [-0.25, -0.2) is 0 Å². The first-order valence-electron chi connectivity index (χ1n) is 9.15. The number of rotatable bonds is 6. The molecule has 6 heteroatoms. The third kappa shape index (κ3) is 5.56. The molecule has 1 fully saturated rings. The molecular weight excluding hydrogens is 380 g/mol. The summed E-state index contributed by atoms with van der Waals surface area (Å²) in [5.41, 5.74) is 3.35. The van der Waals surface area contributed by atoms with Crippen molar-refractivity contribution in [3.8, 4) is 5.75 Å². The molecule has 0 bridgehead atoms. The molecule has 0 spiro atoms. The maximum Gasteiger partial charge on any atom is 0.261 e. The summed E-state index contributed by atoms with van der Waals surface area (Å²) in [6.45, 7) is 6.35. The van der Waals surface area contributed by atoms with E-state index in [2.05, 4.69) is 34.5 Å². The van der Waals surface area contributed by atoms with Gasteiger partial charge in [-0.3, -0.25) is 4.79 Å². The third-order valence-electron chi connectivity index (χ3n) is 4.54. The van der Waals surface area contributed by atoms with Crippen molar-refractivity contribution in [2.24, 2.45) is 0 Å². The maximum atomic E-state index is 12.3. The number of benzene rings is 2. The van der Waals surface area contributed by atoms with Crippen LogP contribution in [-0.4, -0.2) is 36.6 Å². The van der Waals surface area contributed by atoms with Gasteiger partial charge in [0.25, 0.3) is 5.91 Å². The smallest absolute Gasteiger partial charge is 0.261 e. The first-order valence-corrected chi connectivity index (χ1v) is 10.7. The predicted octanol–water partition coefficient (Wildman–Crippen LogP) is 4.29. The van der Waals surface area contributed by atoms with Gasteiger partial charge in [0, 0.05) is 36.8 Å². The van der Waals surface area contributed by atoms with E-state index >= 15 is 0 Å². The molecule has 2 aromatic carbocycles. The first-order chi connectivity index (χ1) is 13.0. The van der Waals surface area contributed by atoms with E-state index in [1.807, 2.05) is 30.8 Å². The van der Waals surface area contributed by atoms with Gasteiger partial charge < -0.3 is 15.0 Å². The number of anilines is 1. The lowest BCUT2D eigenvalue weighted by Crippen LogP contribution is -2.36. The zero-order valence-electron chi connectivity index (χ0n) is 15.7. The quantitative estimate of drug-likeness (QED) is 0.780. The highest BCUT2D eigenvalue weighted by Gasteiger charge is 2.16. The molecule has 1 heterocycles. The van der Waals surface area contributed by atoms with E-state index in [1.54, 1.807) is 13.0 Å². The lowest BCUT2D eigenvalue weighted by atomic mass is 10.2. The number of nitrogens with one attached hydrogen (secondary N) is 1. The van der Waals surface area contributed by atoms with Gasteiger partial charge in [0.05, 0.1) is 5.02 Å². The highest BCUT2D eigenvalue weighted by molar-refractivity contribution is 7.99. The van der Waals surface area contributed by atoms with E-state index in [1.165, 1.54) is 17.2 Å². The molecule has 0 aliphatic carbocycles. The van der Waals surface area contributed by atoms with E-state index in [9.17, 15) is 4.79 Å². The molecule has 1 N–H and O–H groups in total. The summed E-state index contributed by atoms with van der Waals surface area (Å²) in [6, 6.07) is 13.9. The Bertz CT molecular complexity index is 776. The number of hydrogen-bond acceptors (Lipinski definition) is 4. The molecule has 4 nitrogen and oxygen atoms in total. The second kappa shape index (κ2) is 9.38. The van der Waals surface area contributed by atoms with Crippen LogP contribution in [0.1, 0.15) is 18.1 Å². The van der Waals surface area contributed by atoms with Gasteiger partial charge in [-0.05, 0) is 49.2 Å². The summed E-state index contributed by atoms with van der Waals surface area (Å²) in [5, 5.41) is 3.43. The van der Waals surface area contributed by atoms with Crippen molar-refractivity contribution in [1.82, 2.24) is 5.32 Å². The van der Waals surface area contributed by atoms with Crippen LogP contribution >= 0.6 is 23.4 Å². The summed E-state index contributed by atoms with van der Waals surface area (Å²) >= 11 is 8.14. The van der Waals surface area contributed by atoms with Crippen molar-refractivity contribution in [2.75, 3.05) is 29.5 Å². The monoisotopic (exact) mass is 404 g/mol. The summed E-state index contributed by atoms with van der Waals surface area (Å²) in [4.78, 5) is 14.7. The number of carbonyl (C=O) groups is 1. The Kier molecular flexibility index (Phi) is 6.91. The van der Waals surface area contributed by atoms with Crippen LogP contribution in [-0.2, 0) is 11.3 Å². The maximum absolute atomic E-state index is 12.3. The Balaban J connectivity index is 1.51. The zero-order valence-corrected chi connectivity index (χ0v) is 17.3. The highest BCUT2D eigenvalue weighted by Crippen LogP contribution is 2.26. The lowest BCUT2D eigenvalue weighted by molar-refractivity contribution is -0.127. The van der Waals surface area contributed by atoms with E-state index in [0.717, 1.165) is 24.2 Å². The van der Waals surface area contributed by atoms with Gasteiger partial charge >= 0.3 is 0 Å². The van der Waals surface area contributed by atoms with Gasteiger partial charge in [0.1, 0.15) is 5.75 Å². The van der Waals surface area contributed by atoms with Gasteiger partial charge in [-0.1, -0.05) is 29.8 Å². The van der Waals surface area contributed by atoms with Crippen LogP contribution < -0.4 is 15.0 Å². The normalized spacial score (nSPS) is 15.3. The van der Waals surface area contributed by atoms with Crippen LogP contribution in [0, 0.1) is 6.92 Å². The van der Waals surface area contributed by atoms with Crippen LogP contribution in [0.15, 0.2) is 42.5 Å². The Morgan fingerprint density at radius 1 is 1.22 bits per heavy atom. The number of ether oxygens (including phenoxy) is 1. The van der Waals surface area contributed by atoms with Gasteiger partial charge in [-0.2, -0.15) is 11.8 Å². The molecule has 1 amide bonds. The van der Waals surface area contributed by atoms with Crippen LogP contribution in [0.25, 0.3) is 0 Å². The third-order valence-corrected chi connectivity index (χ3v) is 5.79. The van der Waals surface area contributed by atoms with Crippen molar-refractivity contribution in [2.45, 2.75) is 26.5 Å². The van der Waals surface area contributed by atoms with Crippen LogP contribution in [0.3, 0.4) is 0 Å². The lowest BCUT2D eigenvalue weighted by Gasteiger charge is -2.28. The molecule has 1 saturated heterocycles.